The van der Waals surface area contributed by atoms with Crippen molar-refractivity contribution in [1.82, 2.24) is 19.2 Å². The van der Waals surface area contributed by atoms with E-state index in [0.717, 1.165) is 44.8 Å². The van der Waals surface area contributed by atoms with Gasteiger partial charge in [0.1, 0.15) is 5.65 Å². The molecule has 0 bridgehead atoms. The number of carbonyl (C=O) groups is 1. The zero-order chi connectivity index (χ0) is 18.5. The number of anilines is 1. The van der Waals surface area contributed by atoms with Crippen LogP contribution in [-0.4, -0.2) is 69.9 Å². The van der Waals surface area contributed by atoms with Crippen LogP contribution in [-0.2, 0) is 4.79 Å². The number of aromatic nitrogens is 2. The Kier molecular flexibility index (Phi) is 4.11. The number of fused-ring (bicyclic) bond motifs is 1. The van der Waals surface area contributed by atoms with Crippen LogP contribution in [0.2, 0.25) is 0 Å². The van der Waals surface area contributed by atoms with Gasteiger partial charge in [0.05, 0.1) is 17.4 Å². The number of likely N-dealkylation sites (tertiary alicyclic amines) is 1. The lowest BCUT2D eigenvalue weighted by Crippen LogP contribution is -2.53. The summed E-state index contributed by atoms with van der Waals surface area (Å²) in [6.07, 6.45) is 7.96. The topological polar surface area (TPSA) is 44.1 Å². The summed E-state index contributed by atoms with van der Waals surface area (Å²) in [5, 5.41) is 0. The molecule has 2 aromatic heterocycles. The van der Waals surface area contributed by atoms with Crippen molar-refractivity contribution in [3.05, 3.63) is 30.2 Å². The molecule has 3 fully saturated rings. The van der Waals surface area contributed by atoms with E-state index >= 15 is 0 Å². The van der Waals surface area contributed by atoms with Crippen LogP contribution in [0.5, 0.6) is 0 Å². The first-order chi connectivity index (χ1) is 13.1. The zero-order valence-electron chi connectivity index (χ0n) is 16.3. The second-order valence-corrected chi connectivity index (χ2v) is 8.55. The molecular formula is C21H29N5O. The molecule has 0 radical (unpaired) electrons. The van der Waals surface area contributed by atoms with Crippen LogP contribution in [0, 0.1) is 0 Å². The third-order valence-electron chi connectivity index (χ3n) is 6.40. The molecule has 6 heteroatoms. The average Bonchev–Trinajstić information content (AvgIpc) is 3.32. The highest BCUT2D eigenvalue weighted by Crippen LogP contribution is 2.39. The Balaban J connectivity index is 1.25. The SMILES string of the molecule is CC(C)N1CCC(N2CCN(c3ccc4nc(C5CC5)cn4c3)CC2)C1=O. The molecule has 0 spiro atoms. The van der Waals surface area contributed by atoms with E-state index in [1.807, 2.05) is 4.90 Å². The number of hydrogen-bond donors (Lipinski definition) is 0. The van der Waals surface area contributed by atoms with Gasteiger partial charge in [-0.3, -0.25) is 9.69 Å². The Bertz CT molecular complexity index is 847. The lowest BCUT2D eigenvalue weighted by molar-refractivity contribution is -0.133. The number of pyridine rings is 1. The van der Waals surface area contributed by atoms with Crippen LogP contribution in [0.1, 0.15) is 44.7 Å². The number of piperazine rings is 1. The van der Waals surface area contributed by atoms with Gasteiger partial charge in [-0.2, -0.15) is 0 Å². The van der Waals surface area contributed by atoms with E-state index < -0.39 is 0 Å². The van der Waals surface area contributed by atoms with Crippen molar-refractivity contribution in [3.8, 4) is 0 Å². The van der Waals surface area contributed by atoms with E-state index in [-0.39, 0.29) is 6.04 Å². The smallest absolute Gasteiger partial charge is 0.240 e. The van der Waals surface area contributed by atoms with Gasteiger partial charge in [-0.25, -0.2) is 4.98 Å². The van der Waals surface area contributed by atoms with Crippen LogP contribution in [0.25, 0.3) is 5.65 Å². The van der Waals surface area contributed by atoms with Crippen molar-refractivity contribution in [2.45, 2.75) is 51.1 Å². The maximum absolute atomic E-state index is 12.7. The van der Waals surface area contributed by atoms with Crippen LogP contribution in [0.15, 0.2) is 24.5 Å². The number of nitrogens with zero attached hydrogens (tertiary/aromatic N) is 5. The average molecular weight is 367 g/mol. The summed E-state index contributed by atoms with van der Waals surface area (Å²) in [7, 11) is 0. The van der Waals surface area contributed by atoms with Gasteiger partial charge in [-0.05, 0) is 45.2 Å². The van der Waals surface area contributed by atoms with Crippen LogP contribution < -0.4 is 4.90 Å². The van der Waals surface area contributed by atoms with E-state index in [9.17, 15) is 4.79 Å². The Morgan fingerprint density at radius 1 is 1.00 bits per heavy atom. The first kappa shape index (κ1) is 17.0. The number of rotatable bonds is 4. The van der Waals surface area contributed by atoms with E-state index in [4.69, 9.17) is 4.98 Å². The van der Waals surface area contributed by atoms with Crippen molar-refractivity contribution >= 4 is 17.2 Å². The third-order valence-corrected chi connectivity index (χ3v) is 6.40. The van der Waals surface area contributed by atoms with Gasteiger partial charge in [0.15, 0.2) is 0 Å². The zero-order valence-corrected chi connectivity index (χ0v) is 16.3. The fourth-order valence-electron chi connectivity index (χ4n) is 4.59. The quantitative estimate of drug-likeness (QED) is 0.832. The molecule has 0 aromatic carbocycles. The fraction of sp³-hybridized carbons (Fsp3) is 0.619. The maximum atomic E-state index is 12.7. The minimum absolute atomic E-state index is 0.0896. The molecule has 4 heterocycles. The standard InChI is InChI=1S/C21H29N5O/c1-15(2)26-8-7-19(21(26)27)24-11-9-23(10-12-24)17-5-6-20-22-18(16-3-4-16)14-25(20)13-17/h5-6,13-16,19H,3-4,7-12H2,1-2H3. The predicted octanol–water partition coefficient (Wildman–Crippen LogP) is 2.34. The molecule has 6 nitrogen and oxygen atoms in total. The Hall–Kier alpha value is -2.08. The molecule has 1 unspecified atom stereocenters. The van der Waals surface area contributed by atoms with Gasteiger partial charge in [0, 0.05) is 57.1 Å². The van der Waals surface area contributed by atoms with Gasteiger partial charge < -0.3 is 14.2 Å². The monoisotopic (exact) mass is 367 g/mol. The van der Waals surface area contributed by atoms with Gasteiger partial charge >= 0.3 is 0 Å². The normalized spacial score (nSPS) is 24.6. The molecular weight excluding hydrogens is 338 g/mol. The van der Waals surface area contributed by atoms with Crippen molar-refractivity contribution < 1.29 is 4.79 Å². The highest BCUT2D eigenvalue weighted by Gasteiger charge is 2.38. The fourth-order valence-corrected chi connectivity index (χ4v) is 4.59. The predicted molar refractivity (Wildman–Crippen MR) is 106 cm³/mol. The minimum Gasteiger partial charge on any atom is -0.368 e. The highest BCUT2D eigenvalue weighted by atomic mass is 16.2. The summed E-state index contributed by atoms with van der Waals surface area (Å²) in [4.78, 5) is 24.3. The Labute approximate surface area is 160 Å². The van der Waals surface area contributed by atoms with Crippen molar-refractivity contribution in [3.63, 3.8) is 0 Å². The number of hydrogen-bond acceptors (Lipinski definition) is 4. The first-order valence-electron chi connectivity index (χ1n) is 10.4. The minimum atomic E-state index is 0.0896. The summed E-state index contributed by atoms with van der Waals surface area (Å²) in [5.41, 5.74) is 3.54. The van der Waals surface area contributed by atoms with Crippen LogP contribution in [0.4, 0.5) is 5.69 Å². The lowest BCUT2D eigenvalue weighted by Gasteiger charge is -2.38. The van der Waals surface area contributed by atoms with Gasteiger partial charge in [-0.15, -0.1) is 0 Å². The van der Waals surface area contributed by atoms with E-state index in [1.54, 1.807) is 0 Å². The lowest BCUT2D eigenvalue weighted by atomic mass is 10.1. The summed E-state index contributed by atoms with van der Waals surface area (Å²) in [6.45, 7) is 8.98. The molecule has 2 aliphatic heterocycles. The molecule has 144 valence electrons. The van der Waals surface area contributed by atoms with Gasteiger partial charge in [0.2, 0.25) is 5.91 Å². The molecule has 0 N–H and O–H groups in total. The van der Waals surface area contributed by atoms with Crippen molar-refractivity contribution in [2.24, 2.45) is 0 Å². The third kappa shape index (κ3) is 3.10. The summed E-state index contributed by atoms with van der Waals surface area (Å²) in [5.74, 6) is 1.01. The molecule has 27 heavy (non-hydrogen) atoms. The Morgan fingerprint density at radius 2 is 1.78 bits per heavy atom. The molecule has 3 aliphatic rings. The van der Waals surface area contributed by atoms with E-state index in [2.05, 4.69) is 52.6 Å². The molecule has 1 atom stereocenters. The molecule has 5 rings (SSSR count). The van der Waals surface area contributed by atoms with Crippen LogP contribution in [0.3, 0.4) is 0 Å². The van der Waals surface area contributed by atoms with Gasteiger partial charge in [0.25, 0.3) is 0 Å². The largest absolute Gasteiger partial charge is 0.368 e. The molecule has 1 amide bonds. The molecule has 2 aromatic rings. The van der Waals surface area contributed by atoms with Crippen molar-refractivity contribution in [2.75, 3.05) is 37.6 Å². The second-order valence-electron chi connectivity index (χ2n) is 8.55. The molecule has 2 saturated heterocycles. The van der Waals surface area contributed by atoms with E-state index in [0.29, 0.717) is 17.9 Å². The van der Waals surface area contributed by atoms with E-state index in [1.165, 1.54) is 24.2 Å². The summed E-state index contributed by atoms with van der Waals surface area (Å²) >= 11 is 0. The summed E-state index contributed by atoms with van der Waals surface area (Å²) in [6, 6.07) is 4.72. The van der Waals surface area contributed by atoms with Crippen LogP contribution >= 0.6 is 0 Å². The maximum Gasteiger partial charge on any atom is 0.240 e. The highest BCUT2D eigenvalue weighted by molar-refractivity contribution is 5.84. The molecule has 1 aliphatic carbocycles. The summed E-state index contributed by atoms with van der Waals surface area (Å²) < 4.78 is 2.18. The first-order valence-corrected chi connectivity index (χ1v) is 10.4. The van der Waals surface area contributed by atoms with Gasteiger partial charge in [-0.1, -0.05) is 0 Å². The number of amides is 1. The Morgan fingerprint density at radius 3 is 2.44 bits per heavy atom. The molecule has 1 saturated carbocycles. The van der Waals surface area contributed by atoms with Crippen molar-refractivity contribution in [1.29, 1.82) is 0 Å². The number of imidazole rings is 1. The number of carbonyl (C=O) groups excluding carboxylic acids is 1. The second kappa shape index (κ2) is 6.51.